The van der Waals surface area contributed by atoms with Gasteiger partial charge in [0.2, 0.25) is 0 Å². The fourth-order valence-electron chi connectivity index (χ4n) is 1.84. The van der Waals surface area contributed by atoms with E-state index in [2.05, 4.69) is 10.1 Å². The summed E-state index contributed by atoms with van der Waals surface area (Å²) in [6.07, 6.45) is 1.54. The molecule has 0 aliphatic carbocycles. The second-order valence-corrected chi connectivity index (χ2v) is 4.51. The maximum Gasteiger partial charge on any atom is 0.257 e. The van der Waals surface area contributed by atoms with Gasteiger partial charge in [0, 0.05) is 5.56 Å². The molecule has 0 saturated carbocycles. The summed E-state index contributed by atoms with van der Waals surface area (Å²) in [6.45, 7) is 4.04. The van der Waals surface area contributed by atoms with Crippen LogP contribution in [0.25, 0.3) is 11.5 Å². The van der Waals surface area contributed by atoms with Crippen molar-refractivity contribution < 1.29 is 9.26 Å². The Labute approximate surface area is 112 Å². The lowest BCUT2D eigenvalue weighted by Gasteiger charge is -2.21. The summed E-state index contributed by atoms with van der Waals surface area (Å²) in [7, 11) is 1.63. The van der Waals surface area contributed by atoms with Gasteiger partial charge in [-0.05, 0) is 37.1 Å². The number of aromatic nitrogens is 2. The van der Waals surface area contributed by atoms with Gasteiger partial charge in [0.15, 0.2) is 5.82 Å². The van der Waals surface area contributed by atoms with Crippen LogP contribution < -0.4 is 10.5 Å². The van der Waals surface area contributed by atoms with E-state index in [1.54, 1.807) is 7.11 Å². The van der Waals surface area contributed by atoms with Gasteiger partial charge in [-0.25, -0.2) is 0 Å². The molecule has 1 heterocycles. The minimum Gasteiger partial charge on any atom is -0.497 e. The standard InChI is InChI=1S/C14H19N3O2/c1-4-14(15,5-2)13-16-12(19-17-13)10-6-8-11(18-3)9-7-10/h6-9H,4-5,15H2,1-3H3. The highest BCUT2D eigenvalue weighted by atomic mass is 16.5. The van der Waals surface area contributed by atoms with Crippen LogP contribution in [-0.4, -0.2) is 17.3 Å². The number of hydrogen-bond donors (Lipinski definition) is 1. The molecule has 19 heavy (non-hydrogen) atoms. The smallest absolute Gasteiger partial charge is 0.257 e. The lowest BCUT2D eigenvalue weighted by Crippen LogP contribution is -2.36. The third-order valence-electron chi connectivity index (χ3n) is 3.47. The monoisotopic (exact) mass is 261 g/mol. The Morgan fingerprint density at radius 2 is 1.84 bits per heavy atom. The Morgan fingerprint density at radius 3 is 2.37 bits per heavy atom. The fraction of sp³-hybridized carbons (Fsp3) is 0.429. The van der Waals surface area contributed by atoms with Crippen molar-refractivity contribution >= 4 is 0 Å². The van der Waals surface area contributed by atoms with Gasteiger partial charge in [0.1, 0.15) is 5.75 Å². The zero-order chi connectivity index (χ0) is 13.9. The zero-order valence-corrected chi connectivity index (χ0v) is 11.5. The number of nitrogens with two attached hydrogens (primary N) is 1. The largest absolute Gasteiger partial charge is 0.497 e. The van der Waals surface area contributed by atoms with Crippen LogP contribution in [0.1, 0.15) is 32.5 Å². The third kappa shape index (κ3) is 2.61. The lowest BCUT2D eigenvalue weighted by atomic mass is 9.93. The van der Waals surface area contributed by atoms with Crippen LogP contribution in [0.3, 0.4) is 0 Å². The molecule has 0 aliphatic heterocycles. The Kier molecular flexibility index (Phi) is 3.85. The first-order valence-corrected chi connectivity index (χ1v) is 6.40. The van der Waals surface area contributed by atoms with Gasteiger partial charge in [-0.15, -0.1) is 0 Å². The van der Waals surface area contributed by atoms with Crippen molar-refractivity contribution in [2.45, 2.75) is 32.2 Å². The van der Waals surface area contributed by atoms with Crippen LogP contribution in [0, 0.1) is 0 Å². The van der Waals surface area contributed by atoms with E-state index in [1.165, 1.54) is 0 Å². The average molecular weight is 261 g/mol. The Balaban J connectivity index is 2.29. The Bertz CT molecular complexity index is 530. The predicted octanol–water partition coefficient (Wildman–Crippen LogP) is 2.72. The molecule has 2 rings (SSSR count). The van der Waals surface area contributed by atoms with Gasteiger partial charge >= 0.3 is 0 Å². The van der Waals surface area contributed by atoms with Crippen molar-refractivity contribution in [1.29, 1.82) is 0 Å². The van der Waals surface area contributed by atoms with E-state index in [0.717, 1.165) is 24.2 Å². The van der Waals surface area contributed by atoms with Crippen LogP contribution in [-0.2, 0) is 5.54 Å². The van der Waals surface area contributed by atoms with Crippen molar-refractivity contribution in [3.63, 3.8) is 0 Å². The molecule has 5 heteroatoms. The van der Waals surface area contributed by atoms with Crippen LogP contribution in [0.4, 0.5) is 0 Å². The van der Waals surface area contributed by atoms with E-state index in [0.29, 0.717) is 11.7 Å². The number of methoxy groups -OCH3 is 1. The van der Waals surface area contributed by atoms with Crippen molar-refractivity contribution in [3.8, 4) is 17.2 Å². The van der Waals surface area contributed by atoms with Gasteiger partial charge in [-0.2, -0.15) is 4.98 Å². The van der Waals surface area contributed by atoms with Crippen molar-refractivity contribution in [2.75, 3.05) is 7.11 Å². The first-order chi connectivity index (χ1) is 9.12. The van der Waals surface area contributed by atoms with Gasteiger partial charge in [-0.3, -0.25) is 0 Å². The summed E-state index contributed by atoms with van der Waals surface area (Å²) in [5, 5.41) is 4.01. The SMILES string of the molecule is CCC(N)(CC)c1noc(-c2ccc(OC)cc2)n1. The Hall–Kier alpha value is -1.88. The first kappa shape index (κ1) is 13.5. The quantitative estimate of drug-likeness (QED) is 0.895. The molecular formula is C14H19N3O2. The molecule has 0 unspecified atom stereocenters. The zero-order valence-electron chi connectivity index (χ0n) is 11.5. The van der Waals surface area contributed by atoms with E-state index in [1.807, 2.05) is 38.1 Å². The highest BCUT2D eigenvalue weighted by Crippen LogP contribution is 2.26. The minimum atomic E-state index is -0.520. The molecule has 0 aliphatic rings. The van der Waals surface area contributed by atoms with Gasteiger partial charge in [0.05, 0.1) is 12.6 Å². The van der Waals surface area contributed by atoms with E-state index in [9.17, 15) is 0 Å². The topological polar surface area (TPSA) is 74.2 Å². The van der Waals surface area contributed by atoms with Crippen molar-refractivity contribution in [1.82, 2.24) is 10.1 Å². The van der Waals surface area contributed by atoms with Crippen LogP contribution in [0.2, 0.25) is 0 Å². The minimum absolute atomic E-state index is 0.481. The molecule has 1 aromatic heterocycles. The second-order valence-electron chi connectivity index (χ2n) is 4.51. The second kappa shape index (κ2) is 5.40. The van der Waals surface area contributed by atoms with Gasteiger partial charge < -0.3 is 15.0 Å². The van der Waals surface area contributed by atoms with E-state index in [4.69, 9.17) is 15.0 Å². The molecule has 0 radical (unpaired) electrons. The van der Waals surface area contributed by atoms with E-state index < -0.39 is 5.54 Å². The molecule has 0 fully saturated rings. The number of ether oxygens (including phenoxy) is 1. The number of nitrogens with zero attached hydrogens (tertiary/aromatic N) is 2. The molecule has 0 bridgehead atoms. The molecule has 5 nitrogen and oxygen atoms in total. The predicted molar refractivity (Wildman–Crippen MR) is 72.7 cm³/mol. The lowest BCUT2D eigenvalue weighted by molar-refractivity contribution is 0.350. The summed E-state index contributed by atoms with van der Waals surface area (Å²) in [6, 6.07) is 7.47. The van der Waals surface area contributed by atoms with E-state index >= 15 is 0 Å². The first-order valence-electron chi connectivity index (χ1n) is 6.40. The molecule has 2 N–H and O–H groups in total. The molecule has 2 aromatic rings. The Morgan fingerprint density at radius 1 is 1.21 bits per heavy atom. The maximum absolute atomic E-state index is 6.25. The summed E-state index contributed by atoms with van der Waals surface area (Å²) in [5.41, 5.74) is 6.59. The molecule has 0 amide bonds. The number of rotatable bonds is 5. The third-order valence-corrected chi connectivity index (χ3v) is 3.47. The normalized spacial score (nSPS) is 11.6. The number of hydrogen-bond acceptors (Lipinski definition) is 5. The molecule has 0 spiro atoms. The van der Waals surface area contributed by atoms with Gasteiger partial charge in [-0.1, -0.05) is 19.0 Å². The molecule has 0 saturated heterocycles. The summed E-state index contributed by atoms with van der Waals surface area (Å²) < 4.78 is 10.4. The van der Waals surface area contributed by atoms with E-state index in [-0.39, 0.29) is 0 Å². The van der Waals surface area contributed by atoms with Crippen LogP contribution in [0.15, 0.2) is 28.8 Å². The number of benzene rings is 1. The fourth-order valence-corrected chi connectivity index (χ4v) is 1.84. The highest BCUT2D eigenvalue weighted by Gasteiger charge is 2.29. The van der Waals surface area contributed by atoms with Crippen LogP contribution in [0.5, 0.6) is 5.75 Å². The highest BCUT2D eigenvalue weighted by molar-refractivity contribution is 5.54. The summed E-state index contributed by atoms with van der Waals surface area (Å²) in [4.78, 5) is 4.41. The van der Waals surface area contributed by atoms with Gasteiger partial charge in [0.25, 0.3) is 5.89 Å². The van der Waals surface area contributed by atoms with Crippen LogP contribution >= 0.6 is 0 Å². The summed E-state index contributed by atoms with van der Waals surface area (Å²) >= 11 is 0. The average Bonchev–Trinajstić information content (AvgIpc) is 2.97. The van der Waals surface area contributed by atoms with Crippen molar-refractivity contribution in [3.05, 3.63) is 30.1 Å². The maximum atomic E-state index is 6.25. The molecule has 0 atom stereocenters. The van der Waals surface area contributed by atoms with Crippen molar-refractivity contribution in [2.24, 2.45) is 5.73 Å². The molecule has 102 valence electrons. The molecular weight excluding hydrogens is 242 g/mol. The summed E-state index contributed by atoms with van der Waals surface area (Å²) in [5.74, 6) is 1.83. The molecule has 1 aromatic carbocycles.